The summed E-state index contributed by atoms with van der Waals surface area (Å²) in [4.78, 5) is 16.7. The summed E-state index contributed by atoms with van der Waals surface area (Å²) in [5.74, 6) is 2.06. The van der Waals surface area contributed by atoms with Gasteiger partial charge in [0, 0.05) is 31.0 Å². The van der Waals surface area contributed by atoms with Gasteiger partial charge in [-0.2, -0.15) is 10.1 Å². The van der Waals surface area contributed by atoms with E-state index in [1.54, 1.807) is 4.68 Å². The third-order valence-electron chi connectivity index (χ3n) is 5.75. The minimum Gasteiger partial charge on any atom is -0.378 e. The molecule has 6 rings (SSSR count). The Hall–Kier alpha value is -3.32. The van der Waals surface area contributed by atoms with Crippen LogP contribution in [-0.2, 0) is 4.74 Å². The third kappa shape index (κ3) is 3.21. The molecule has 0 atom stereocenters. The topological polar surface area (TPSA) is 69.0 Å². The quantitative estimate of drug-likeness (QED) is 0.523. The van der Waals surface area contributed by atoms with Crippen molar-refractivity contribution in [3.05, 3.63) is 60.4 Å². The van der Waals surface area contributed by atoms with Crippen LogP contribution in [-0.4, -0.2) is 51.0 Å². The van der Waals surface area contributed by atoms with Gasteiger partial charge in [0.25, 0.3) is 5.95 Å². The van der Waals surface area contributed by atoms with Gasteiger partial charge in [-0.15, -0.1) is 0 Å². The van der Waals surface area contributed by atoms with Gasteiger partial charge >= 0.3 is 0 Å². The van der Waals surface area contributed by atoms with E-state index >= 15 is 0 Å². The van der Waals surface area contributed by atoms with Crippen molar-refractivity contribution in [3.8, 4) is 17.2 Å². The summed E-state index contributed by atoms with van der Waals surface area (Å²) in [5, 5.41) is 4.74. The maximum Gasteiger partial charge on any atom is 0.253 e. The molecule has 1 saturated heterocycles. The van der Waals surface area contributed by atoms with Crippen LogP contribution in [0.25, 0.3) is 28.2 Å². The number of hydrogen-bond donors (Lipinski definition) is 0. The van der Waals surface area contributed by atoms with E-state index in [-0.39, 0.29) is 0 Å². The zero-order valence-corrected chi connectivity index (χ0v) is 16.6. The molecule has 0 radical (unpaired) electrons. The Labute approximate surface area is 174 Å². The average molecular weight is 398 g/mol. The van der Waals surface area contributed by atoms with E-state index in [0.717, 1.165) is 41.2 Å². The fourth-order valence-corrected chi connectivity index (χ4v) is 3.94. The summed E-state index contributed by atoms with van der Waals surface area (Å²) >= 11 is 0. The van der Waals surface area contributed by atoms with Crippen LogP contribution in [0, 0.1) is 0 Å². The smallest absolute Gasteiger partial charge is 0.253 e. The molecule has 7 heteroatoms. The van der Waals surface area contributed by atoms with E-state index in [9.17, 15) is 0 Å². The SMILES string of the molecule is c1ccc(-c2ccn(-c3nc(N4CCOCC4)c4ncc(C5CC5)cc4n3)n2)cc1. The zero-order chi connectivity index (χ0) is 19.9. The molecule has 30 heavy (non-hydrogen) atoms. The second kappa shape index (κ2) is 7.18. The Morgan fingerprint density at radius 3 is 2.60 bits per heavy atom. The zero-order valence-electron chi connectivity index (χ0n) is 16.6. The number of pyridine rings is 1. The van der Waals surface area contributed by atoms with Crippen LogP contribution in [0.4, 0.5) is 5.82 Å². The fourth-order valence-electron chi connectivity index (χ4n) is 3.94. The van der Waals surface area contributed by atoms with Gasteiger partial charge in [0.15, 0.2) is 5.82 Å². The number of benzene rings is 1. The fraction of sp³-hybridized carbons (Fsp3) is 0.304. The molecule has 4 aromatic rings. The lowest BCUT2D eigenvalue weighted by Crippen LogP contribution is -2.37. The molecule has 0 amide bonds. The van der Waals surface area contributed by atoms with Crippen LogP contribution in [0.5, 0.6) is 0 Å². The van der Waals surface area contributed by atoms with Crippen molar-refractivity contribution in [2.24, 2.45) is 0 Å². The highest BCUT2D eigenvalue weighted by Gasteiger charge is 2.26. The van der Waals surface area contributed by atoms with Crippen molar-refractivity contribution in [1.82, 2.24) is 24.7 Å². The Morgan fingerprint density at radius 2 is 1.80 bits per heavy atom. The van der Waals surface area contributed by atoms with Gasteiger partial charge in [0.05, 0.1) is 24.4 Å². The molecule has 1 saturated carbocycles. The lowest BCUT2D eigenvalue weighted by molar-refractivity contribution is 0.122. The highest BCUT2D eigenvalue weighted by Crippen LogP contribution is 2.40. The summed E-state index contributed by atoms with van der Waals surface area (Å²) in [7, 11) is 0. The second-order valence-corrected chi connectivity index (χ2v) is 7.87. The number of nitrogens with zero attached hydrogens (tertiary/aromatic N) is 6. The third-order valence-corrected chi connectivity index (χ3v) is 5.75. The maximum absolute atomic E-state index is 5.54. The van der Waals surface area contributed by atoms with E-state index in [0.29, 0.717) is 25.1 Å². The van der Waals surface area contributed by atoms with Crippen LogP contribution in [0.2, 0.25) is 0 Å². The first-order valence-electron chi connectivity index (χ1n) is 10.5. The van der Waals surface area contributed by atoms with Gasteiger partial charge < -0.3 is 9.64 Å². The molecule has 2 aliphatic rings. The number of morpholine rings is 1. The van der Waals surface area contributed by atoms with Crippen LogP contribution in [0.3, 0.4) is 0 Å². The molecule has 2 fully saturated rings. The van der Waals surface area contributed by atoms with Gasteiger partial charge in [-0.3, -0.25) is 4.98 Å². The van der Waals surface area contributed by atoms with Crippen molar-refractivity contribution in [2.45, 2.75) is 18.8 Å². The van der Waals surface area contributed by atoms with Crippen molar-refractivity contribution >= 4 is 16.9 Å². The van der Waals surface area contributed by atoms with E-state index in [2.05, 4.69) is 23.1 Å². The van der Waals surface area contributed by atoms with Gasteiger partial charge in [-0.1, -0.05) is 30.3 Å². The maximum atomic E-state index is 5.54. The van der Waals surface area contributed by atoms with E-state index in [4.69, 9.17) is 24.8 Å². The molecule has 0 N–H and O–H groups in total. The molecule has 1 aliphatic carbocycles. The summed E-state index contributed by atoms with van der Waals surface area (Å²) < 4.78 is 7.30. The Kier molecular flexibility index (Phi) is 4.19. The number of anilines is 1. The molecule has 0 unspecified atom stereocenters. The van der Waals surface area contributed by atoms with Gasteiger partial charge in [-0.05, 0) is 36.5 Å². The van der Waals surface area contributed by atoms with Gasteiger partial charge in [-0.25, -0.2) is 9.67 Å². The summed E-state index contributed by atoms with van der Waals surface area (Å²) in [6.45, 7) is 2.99. The summed E-state index contributed by atoms with van der Waals surface area (Å²) in [6, 6.07) is 14.3. The van der Waals surface area contributed by atoms with Gasteiger partial charge in [0.1, 0.15) is 5.52 Å². The molecule has 3 aromatic heterocycles. The standard InChI is InChI=1S/C23H22N6O/c1-2-4-17(5-3-1)19-8-9-29(27-19)23-25-20-14-18(16-6-7-16)15-24-21(20)22(26-23)28-10-12-30-13-11-28/h1-5,8-9,14-16H,6-7,10-13H2. The van der Waals surface area contributed by atoms with Crippen molar-refractivity contribution in [3.63, 3.8) is 0 Å². The average Bonchev–Trinajstić information content (AvgIpc) is 3.55. The molecule has 7 nitrogen and oxygen atoms in total. The lowest BCUT2D eigenvalue weighted by atomic mass is 10.1. The highest BCUT2D eigenvalue weighted by molar-refractivity contribution is 5.86. The minimum atomic E-state index is 0.570. The van der Waals surface area contributed by atoms with E-state index in [1.807, 2.05) is 36.7 Å². The Balaban J connectivity index is 1.47. The van der Waals surface area contributed by atoms with Crippen LogP contribution >= 0.6 is 0 Å². The molecule has 0 bridgehead atoms. The number of hydrogen-bond acceptors (Lipinski definition) is 6. The van der Waals surface area contributed by atoms with Crippen molar-refractivity contribution in [1.29, 1.82) is 0 Å². The number of fused-ring (bicyclic) bond motifs is 1. The van der Waals surface area contributed by atoms with Crippen LogP contribution in [0.1, 0.15) is 24.3 Å². The molecule has 1 aliphatic heterocycles. The summed E-state index contributed by atoms with van der Waals surface area (Å²) in [6.07, 6.45) is 6.39. The van der Waals surface area contributed by atoms with Crippen LogP contribution < -0.4 is 4.90 Å². The first-order valence-corrected chi connectivity index (χ1v) is 10.5. The van der Waals surface area contributed by atoms with Crippen LogP contribution in [0.15, 0.2) is 54.9 Å². The monoisotopic (exact) mass is 398 g/mol. The lowest BCUT2D eigenvalue weighted by Gasteiger charge is -2.28. The number of rotatable bonds is 4. The number of ether oxygens (including phenoxy) is 1. The molecule has 1 aromatic carbocycles. The van der Waals surface area contributed by atoms with Crippen molar-refractivity contribution < 1.29 is 4.74 Å². The van der Waals surface area contributed by atoms with Gasteiger partial charge in [0.2, 0.25) is 0 Å². The molecular weight excluding hydrogens is 376 g/mol. The minimum absolute atomic E-state index is 0.570. The van der Waals surface area contributed by atoms with Crippen molar-refractivity contribution in [2.75, 3.05) is 31.2 Å². The van der Waals surface area contributed by atoms with E-state index < -0.39 is 0 Å². The Morgan fingerprint density at radius 1 is 0.967 bits per heavy atom. The number of aromatic nitrogens is 5. The first-order chi connectivity index (χ1) is 14.8. The predicted molar refractivity (Wildman–Crippen MR) is 115 cm³/mol. The van der Waals surface area contributed by atoms with E-state index in [1.165, 1.54) is 18.4 Å². The molecule has 0 spiro atoms. The summed E-state index contributed by atoms with van der Waals surface area (Å²) in [5.41, 5.74) is 4.97. The molecular formula is C23H22N6O. The predicted octanol–water partition coefficient (Wildman–Crippen LogP) is 3.59. The Bertz CT molecular complexity index is 1200. The molecule has 150 valence electrons. The largest absolute Gasteiger partial charge is 0.378 e. The second-order valence-electron chi connectivity index (χ2n) is 7.87. The normalized spacial score (nSPS) is 16.9. The highest BCUT2D eigenvalue weighted by atomic mass is 16.5. The molecule has 4 heterocycles. The first kappa shape index (κ1) is 17.5.